The van der Waals surface area contributed by atoms with Crippen LogP contribution < -0.4 is 18.9 Å². The zero-order chi connectivity index (χ0) is 45.9. The second kappa shape index (κ2) is 20.9. The Hall–Kier alpha value is -4.81. The van der Waals surface area contributed by atoms with E-state index in [1.165, 1.54) is 30.2 Å². The van der Waals surface area contributed by atoms with Crippen LogP contribution >= 0.6 is 0 Å². The van der Waals surface area contributed by atoms with Crippen LogP contribution in [-0.2, 0) is 87.2 Å². The van der Waals surface area contributed by atoms with Crippen LogP contribution in [0.5, 0.6) is 0 Å². The van der Waals surface area contributed by atoms with Gasteiger partial charge in [-0.05, 0) is 78.3 Å². The molecule has 3 aromatic rings. The molecule has 0 aliphatic carbocycles. The first-order chi connectivity index (χ1) is 26.6. The molecule has 0 unspecified atom stereocenters. The van der Waals surface area contributed by atoms with Gasteiger partial charge in [-0.25, -0.2) is 25.3 Å². The number of sulfonamides is 4. The van der Waals surface area contributed by atoms with E-state index in [-0.39, 0.29) is 30.7 Å². The molecular formula is C35H48F3N5O12S4. The molecule has 0 saturated carbocycles. The maximum atomic E-state index is 12.3. The molecule has 59 heavy (non-hydrogen) atoms. The highest BCUT2D eigenvalue weighted by Gasteiger charge is 2.46. The Balaban J connectivity index is 0.000000448. The third-order valence-corrected chi connectivity index (χ3v) is 10.4. The number of hydrogen-bond donors (Lipinski definition) is 4. The van der Waals surface area contributed by atoms with Crippen molar-refractivity contribution in [1.82, 2.24) is 18.7 Å². The first-order valence-corrected chi connectivity index (χ1v) is 24.2. The lowest BCUT2D eigenvalue weighted by molar-refractivity contribution is -0.119. The average Bonchev–Trinajstić information content (AvgIpc) is 3.36. The molecule has 1 aromatic heterocycles. The van der Waals surface area contributed by atoms with Crippen LogP contribution in [-0.4, -0.2) is 86.0 Å². The van der Waals surface area contributed by atoms with Crippen LogP contribution in [0.15, 0.2) is 48.5 Å². The van der Waals surface area contributed by atoms with Crippen molar-refractivity contribution in [3.63, 3.8) is 0 Å². The molecule has 4 N–H and O–H groups in total. The number of halogens is 3. The molecule has 0 bridgehead atoms. The van der Waals surface area contributed by atoms with E-state index in [0.29, 0.717) is 28.4 Å². The van der Waals surface area contributed by atoms with Gasteiger partial charge in [0.05, 0.1) is 43.7 Å². The number of Topliss-reactive ketones (excluding diaryl/α,β-unsaturated/α-hetero) is 1. The number of hydrogen-bond acceptors (Lipinski definition) is 12. The standard InChI is InChI=1S/C14H21NO3S.C11H13F3N2O5S2.C10H14N2O4S/c1-10(2)7-12-5-6-13(11(3)8-12)9-14(16)15-19(4,17)18;1-7-5-9(15-23(20,21)11(12,13)14)4-3-8(7)6-10(17)16-22(2,18)19;1-7(13)9-5-4-8(12(9)2)6-10(14)11-17(3,15)16/h5-6,8,10H,7,9H2,1-4H3,(H,15,16);3-5,15H,6H2,1-2H3,(H,16,17);4-5H,6H2,1-3H3,(H,11,14). The minimum Gasteiger partial charge on any atom is -0.345 e. The lowest BCUT2D eigenvalue weighted by atomic mass is 9.97. The molecule has 17 nitrogen and oxygen atoms in total. The van der Waals surface area contributed by atoms with Gasteiger partial charge in [-0.2, -0.15) is 21.6 Å². The molecule has 0 saturated heterocycles. The highest BCUT2D eigenvalue weighted by atomic mass is 32.2. The minimum absolute atomic E-state index is 0.0842. The number of aryl methyl sites for hydroxylation is 2. The lowest BCUT2D eigenvalue weighted by Gasteiger charge is -2.12. The van der Waals surface area contributed by atoms with Crippen LogP contribution in [0.25, 0.3) is 0 Å². The zero-order valence-corrected chi connectivity index (χ0v) is 36.9. The predicted octanol–water partition coefficient (Wildman–Crippen LogP) is 2.53. The molecule has 0 radical (unpaired) electrons. The number of benzene rings is 2. The fraction of sp³-hybridized carbons (Fsp3) is 0.429. The maximum Gasteiger partial charge on any atom is 0.516 e. The number of alkyl halides is 3. The zero-order valence-electron chi connectivity index (χ0n) is 33.6. The van der Waals surface area contributed by atoms with Gasteiger partial charge in [-0.15, -0.1) is 0 Å². The molecule has 24 heteroatoms. The normalized spacial score (nSPS) is 11.9. The fourth-order valence-corrected chi connectivity index (χ4v) is 7.06. The second-order valence-electron chi connectivity index (χ2n) is 13.8. The highest BCUT2D eigenvalue weighted by Crippen LogP contribution is 2.26. The number of nitrogens with one attached hydrogen (secondary N) is 4. The van der Waals surface area contributed by atoms with E-state index in [0.717, 1.165) is 48.4 Å². The van der Waals surface area contributed by atoms with E-state index in [9.17, 15) is 66.0 Å². The van der Waals surface area contributed by atoms with E-state index in [2.05, 4.69) is 19.9 Å². The Labute approximate surface area is 342 Å². The number of nitrogens with zero attached hydrogens (tertiary/aromatic N) is 1. The molecule has 1 heterocycles. The van der Waals surface area contributed by atoms with Crippen molar-refractivity contribution in [2.24, 2.45) is 13.0 Å². The third-order valence-electron chi connectivity index (χ3n) is 7.48. The Bertz CT molecular complexity index is 2480. The van der Waals surface area contributed by atoms with Crippen molar-refractivity contribution in [3.05, 3.63) is 87.7 Å². The molecule has 3 rings (SSSR count). The summed E-state index contributed by atoms with van der Waals surface area (Å²) in [5, 5.41) is 0. The van der Waals surface area contributed by atoms with Crippen LogP contribution in [0.4, 0.5) is 18.9 Å². The molecule has 0 aliphatic heterocycles. The maximum absolute atomic E-state index is 12.3. The SMILES string of the molecule is CC(=O)c1ccc(CC(=O)NS(C)(=O)=O)n1C.Cc1cc(CC(C)C)ccc1CC(=O)NS(C)(=O)=O.Cc1cc(NS(=O)(=O)C(F)(F)F)ccc1CC(=O)NS(C)(=O)=O. The molecule has 2 aromatic carbocycles. The summed E-state index contributed by atoms with van der Waals surface area (Å²) < 4.78 is 133. The minimum atomic E-state index is -5.54. The first-order valence-electron chi connectivity index (χ1n) is 17.0. The number of carbonyl (C=O) groups is 4. The molecule has 330 valence electrons. The Morgan fingerprint density at radius 2 is 1.08 bits per heavy atom. The summed E-state index contributed by atoms with van der Waals surface area (Å²) in [6, 6.07) is 12.6. The van der Waals surface area contributed by atoms with Gasteiger partial charge in [-0.1, -0.05) is 38.1 Å². The lowest BCUT2D eigenvalue weighted by Crippen LogP contribution is -2.31. The van der Waals surface area contributed by atoms with E-state index in [4.69, 9.17) is 0 Å². The molecule has 0 aliphatic rings. The summed E-state index contributed by atoms with van der Waals surface area (Å²) >= 11 is 0. The summed E-state index contributed by atoms with van der Waals surface area (Å²) in [6.45, 7) is 9.11. The van der Waals surface area contributed by atoms with Crippen molar-refractivity contribution in [2.75, 3.05) is 23.5 Å². The fourth-order valence-electron chi connectivity index (χ4n) is 5.05. The summed E-state index contributed by atoms with van der Waals surface area (Å²) in [4.78, 5) is 45.6. The van der Waals surface area contributed by atoms with Gasteiger partial charge in [0, 0.05) is 25.4 Å². The molecule has 0 fully saturated rings. The average molecular weight is 916 g/mol. The summed E-state index contributed by atoms with van der Waals surface area (Å²) in [6.07, 6.45) is 3.35. The number of carbonyl (C=O) groups excluding carboxylic acids is 4. The summed E-state index contributed by atoms with van der Waals surface area (Å²) in [5.74, 6) is -1.47. The van der Waals surface area contributed by atoms with Crippen molar-refractivity contribution >= 4 is 69.3 Å². The van der Waals surface area contributed by atoms with Gasteiger partial charge in [0.2, 0.25) is 47.8 Å². The van der Waals surface area contributed by atoms with Crippen molar-refractivity contribution in [3.8, 4) is 0 Å². The van der Waals surface area contributed by atoms with Crippen LogP contribution in [0.2, 0.25) is 0 Å². The van der Waals surface area contributed by atoms with E-state index < -0.39 is 63.3 Å². The van der Waals surface area contributed by atoms with Crippen LogP contribution in [0, 0.1) is 19.8 Å². The van der Waals surface area contributed by atoms with E-state index in [1.54, 1.807) is 28.5 Å². The number of amides is 3. The monoisotopic (exact) mass is 915 g/mol. The molecular weight excluding hydrogens is 868 g/mol. The predicted molar refractivity (Wildman–Crippen MR) is 215 cm³/mol. The molecule has 0 atom stereocenters. The topological polar surface area (TPSA) is 258 Å². The Morgan fingerprint density at radius 3 is 1.44 bits per heavy atom. The first kappa shape index (κ1) is 52.2. The van der Waals surface area contributed by atoms with E-state index >= 15 is 0 Å². The Morgan fingerprint density at radius 1 is 0.661 bits per heavy atom. The van der Waals surface area contributed by atoms with E-state index in [1.807, 2.05) is 28.5 Å². The number of rotatable bonds is 14. The third kappa shape index (κ3) is 20.1. The van der Waals surface area contributed by atoms with Gasteiger partial charge < -0.3 is 4.57 Å². The van der Waals surface area contributed by atoms with Gasteiger partial charge in [-0.3, -0.25) is 38.1 Å². The summed E-state index contributed by atoms with van der Waals surface area (Å²) in [7, 11) is -14.6. The van der Waals surface area contributed by atoms with Gasteiger partial charge in [0.15, 0.2) is 5.78 Å². The van der Waals surface area contributed by atoms with Crippen LogP contribution in [0.3, 0.4) is 0 Å². The molecule has 3 amide bonds. The van der Waals surface area contributed by atoms with Crippen molar-refractivity contribution in [2.45, 2.75) is 65.8 Å². The largest absolute Gasteiger partial charge is 0.516 e. The van der Waals surface area contributed by atoms with Gasteiger partial charge in [0.1, 0.15) is 0 Å². The van der Waals surface area contributed by atoms with Gasteiger partial charge in [0.25, 0.3) is 0 Å². The Kier molecular flexibility index (Phi) is 18.5. The second-order valence-corrected chi connectivity index (χ2v) is 20.7. The van der Waals surface area contributed by atoms with Crippen molar-refractivity contribution in [1.29, 1.82) is 0 Å². The quantitative estimate of drug-likeness (QED) is 0.170. The van der Waals surface area contributed by atoms with Crippen molar-refractivity contribution < 1.29 is 66.0 Å². The summed E-state index contributed by atoms with van der Waals surface area (Å²) in [5.41, 5.74) is -0.961. The van der Waals surface area contributed by atoms with Gasteiger partial charge >= 0.3 is 15.5 Å². The number of anilines is 1. The highest BCUT2D eigenvalue weighted by molar-refractivity contribution is 7.93. The molecule has 0 spiro atoms. The number of aromatic nitrogens is 1. The van der Waals surface area contributed by atoms with Crippen LogP contribution in [0.1, 0.15) is 64.8 Å². The number of ketones is 1. The smallest absolute Gasteiger partial charge is 0.345 e.